The third kappa shape index (κ3) is 17.0. The summed E-state index contributed by atoms with van der Waals surface area (Å²) >= 11 is 0. The molecule has 1 atom stereocenters. The summed E-state index contributed by atoms with van der Waals surface area (Å²) in [5.41, 5.74) is 0. The Morgan fingerprint density at radius 3 is 2.00 bits per heavy atom. The highest BCUT2D eigenvalue weighted by Crippen LogP contribution is 2.11. The summed E-state index contributed by atoms with van der Waals surface area (Å²) in [6.45, 7) is 2.12. The van der Waals surface area contributed by atoms with Crippen molar-refractivity contribution in [1.82, 2.24) is 0 Å². The SMILES string of the molecule is CCCC[C@@H](O)C#CCCCCCCCCCCCC(=O)O. The molecular formula is C19H34O3. The minimum absolute atomic E-state index is 0.314. The monoisotopic (exact) mass is 310 g/mol. The minimum atomic E-state index is -0.680. The van der Waals surface area contributed by atoms with Gasteiger partial charge in [-0.25, -0.2) is 0 Å². The van der Waals surface area contributed by atoms with E-state index in [9.17, 15) is 9.90 Å². The molecule has 0 aliphatic rings. The van der Waals surface area contributed by atoms with Gasteiger partial charge in [0.2, 0.25) is 0 Å². The van der Waals surface area contributed by atoms with Gasteiger partial charge >= 0.3 is 5.97 Å². The second-order valence-electron chi connectivity index (χ2n) is 6.05. The summed E-state index contributed by atoms with van der Waals surface area (Å²) in [6, 6.07) is 0. The van der Waals surface area contributed by atoms with E-state index in [1.54, 1.807) is 0 Å². The molecule has 0 aromatic carbocycles. The number of aliphatic hydroxyl groups is 1. The van der Waals surface area contributed by atoms with Crippen molar-refractivity contribution in [2.24, 2.45) is 0 Å². The first-order valence-electron chi connectivity index (χ1n) is 9.05. The smallest absolute Gasteiger partial charge is 0.303 e. The maximum Gasteiger partial charge on any atom is 0.303 e. The zero-order valence-electron chi connectivity index (χ0n) is 14.3. The molecule has 3 heteroatoms. The van der Waals surface area contributed by atoms with Crippen LogP contribution in [-0.2, 0) is 4.79 Å². The molecule has 0 aromatic rings. The van der Waals surface area contributed by atoms with Crippen LogP contribution in [0.1, 0.15) is 96.8 Å². The number of rotatable bonds is 14. The van der Waals surface area contributed by atoms with Crippen molar-refractivity contribution in [3.8, 4) is 11.8 Å². The van der Waals surface area contributed by atoms with Crippen LogP contribution in [0.15, 0.2) is 0 Å². The average molecular weight is 310 g/mol. The number of aliphatic carboxylic acids is 1. The molecular weight excluding hydrogens is 276 g/mol. The molecule has 0 saturated heterocycles. The summed E-state index contributed by atoms with van der Waals surface area (Å²) in [5, 5.41) is 18.1. The van der Waals surface area contributed by atoms with Crippen molar-refractivity contribution >= 4 is 5.97 Å². The highest BCUT2D eigenvalue weighted by molar-refractivity contribution is 5.66. The molecule has 0 heterocycles. The first-order valence-corrected chi connectivity index (χ1v) is 9.05. The number of hydrogen-bond donors (Lipinski definition) is 2. The Morgan fingerprint density at radius 1 is 0.909 bits per heavy atom. The van der Waals surface area contributed by atoms with Crippen LogP contribution >= 0.6 is 0 Å². The molecule has 0 aromatic heterocycles. The van der Waals surface area contributed by atoms with E-state index in [2.05, 4.69) is 18.8 Å². The van der Waals surface area contributed by atoms with Crippen molar-refractivity contribution in [1.29, 1.82) is 0 Å². The lowest BCUT2D eigenvalue weighted by Crippen LogP contribution is -2.01. The van der Waals surface area contributed by atoms with Gasteiger partial charge in [-0.3, -0.25) is 4.79 Å². The number of carboxylic acids is 1. The topological polar surface area (TPSA) is 57.5 Å². The van der Waals surface area contributed by atoms with E-state index < -0.39 is 12.1 Å². The van der Waals surface area contributed by atoms with Crippen LogP contribution in [-0.4, -0.2) is 22.3 Å². The fourth-order valence-electron chi connectivity index (χ4n) is 2.39. The molecule has 2 N–H and O–H groups in total. The van der Waals surface area contributed by atoms with Crippen molar-refractivity contribution < 1.29 is 15.0 Å². The number of aliphatic hydroxyl groups excluding tert-OH is 1. The Morgan fingerprint density at radius 2 is 1.45 bits per heavy atom. The zero-order valence-corrected chi connectivity index (χ0v) is 14.3. The van der Waals surface area contributed by atoms with Crippen LogP contribution in [0, 0.1) is 11.8 Å². The van der Waals surface area contributed by atoms with Gasteiger partial charge in [0.1, 0.15) is 6.10 Å². The Hall–Kier alpha value is -1.01. The first kappa shape index (κ1) is 21.0. The molecule has 0 aliphatic heterocycles. The van der Waals surface area contributed by atoms with Crippen LogP contribution in [0.3, 0.4) is 0 Å². The maximum atomic E-state index is 10.3. The molecule has 0 fully saturated rings. The fraction of sp³-hybridized carbons (Fsp3) is 0.842. The van der Waals surface area contributed by atoms with Gasteiger partial charge in [0.15, 0.2) is 0 Å². The first-order chi connectivity index (χ1) is 10.7. The Bertz CT molecular complexity index is 314. The molecule has 22 heavy (non-hydrogen) atoms. The van der Waals surface area contributed by atoms with Gasteiger partial charge in [-0.1, -0.05) is 70.6 Å². The summed E-state index contributed by atoms with van der Waals surface area (Å²) in [4.78, 5) is 10.3. The van der Waals surface area contributed by atoms with Crippen molar-refractivity contribution in [2.45, 2.75) is 103 Å². The molecule has 0 bridgehead atoms. The van der Waals surface area contributed by atoms with Gasteiger partial charge < -0.3 is 10.2 Å². The largest absolute Gasteiger partial charge is 0.481 e. The lowest BCUT2D eigenvalue weighted by molar-refractivity contribution is -0.137. The van der Waals surface area contributed by atoms with Gasteiger partial charge in [-0.05, 0) is 19.3 Å². The Kier molecular flexibility index (Phi) is 15.6. The molecule has 0 radical (unpaired) electrons. The van der Waals surface area contributed by atoms with Crippen molar-refractivity contribution in [3.05, 3.63) is 0 Å². The summed E-state index contributed by atoms with van der Waals surface area (Å²) < 4.78 is 0. The van der Waals surface area contributed by atoms with E-state index in [-0.39, 0.29) is 0 Å². The maximum absolute atomic E-state index is 10.3. The summed E-state index contributed by atoms with van der Waals surface area (Å²) in [7, 11) is 0. The van der Waals surface area contributed by atoms with Crippen LogP contribution < -0.4 is 0 Å². The molecule has 3 nitrogen and oxygen atoms in total. The number of carboxylic acid groups (broad SMARTS) is 1. The van der Waals surface area contributed by atoms with Gasteiger partial charge in [0.25, 0.3) is 0 Å². The highest BCUT2D eigenvalue weighted by Gasteiger charge is 1.97. The molecule has 0 rings (SSSR count). The van der Waals surface area contributed by atoms with Crippen molar-refractivity contribution in [2.75, 3.05) is 0 Å². The third-order valence-corrected chi connectivity index (χ3v) is 3.79. The van der Waals surface area contributed by atoms with E-state index in [1.165, 1.54) is 32.1 Å². The Labute approximate surface area is 136 Å². The molecule has 0 saturated carbocycles. The number of hydrogen-bond acceptors (Lipinski definition) is 2. The van der Waals surface area contributed by atoms with E-state index in [0.29, 0.717) is 6.42 Å². The molecule has 0 spiro atoms. The van der Waals surface area contributed by atoms with Gasteiger partial charge in [0.05, 0.1) is 0 Å². The van der Waals surface area contributed by atoms with E-state index in [4.69, 9.17) is 5.11 Å². The standard InChI is InChI=1S/C19H34O3/c1-2-3-15-18(20)16-13-11-9-7-5-4-6-8-10-12-14-17-19(21)22/h18,20H,2-12,14-15,17H2,1H3,(H,21,22)/t18-/m1/s1. The van der Waals surface area contributed by atoms with Gasteiger partial charge in [-0.2, -0.15) is 0 Å². The van der Waals surface area contributed by atoms with Crippen molar-refractivity contribution in [3.63, 3.8) is 0 Å². The summed E-state index contributed by atoms with van der Waals surface area (Å²) in [6.07, 6.45) is 14.1. The second-order valence-corrected chi connectivity index (χ2v) is 6.05. The zero-order chi connectivity index (χ0) is 16.5. The molecule has 0 amide bonds. The Balaban J connectivity index is 3.20. The lowest BCUT2D eigenvalue weighted by atomic mass is 10.1. The normalized spacial score (nSPS) is 11.7. The van der Waals surface area contributed by atoms with E-state index in [1.807, 2.05) is 0 Å². The van der Waals surface area contributed by atoms with Crippen LogP contribution in [0.4, 0.5) is 0 Å². The second kappa shape index (κ2) is 16.4. The molecule has 128 valence electrons. The lowest BCUT2D eigenvalue weighted by Gasteiger charge is -2.01. The average Bonchev–Trinajstić information content (AvgIpc) is 2.49. The number of carbonyl (C=O) groups is 1. The van der Waals surface area contributed by atoms with Crippen LogP contribution in [0.5, 0.6) is 0 Å². The highest BCUT2D eigenvalue weighted by atomic mass is 16.4. The number of unbranched alkanes of at least 4 members (excludes halogenated alkanes) is 10. The molecule has 0 unspecified atom stereocenters. The van der Waals surface area contributed by atoms with Crippen LogP contribution in [0.2, 0.25) is 0 Å². The third-order valence-electron chi connectivity index (χ3n) is 3.79. The van der Waals surface area contributed by atoms with E-state index >= 15 is 0 Å². The minimum Gasteiger partial charge on any atom is -0.481 e. The van der Waals surface area contributed by atoms with Gasteiger partial charge in [0, 0.05) is 12.8 Å². The van der Waals surface area contributed by atoms with Gasteiger partial charge in [-0.15, -0.1) is 5.92 Å². The van der Waals surface area contributed by atoms with Crippen LogP contribution in [0.25, 0.3) is 0 Å². The predicted octanol–water partition coefficient (Wildman–Crippen LogP) is 4.92. The quantitative estimate of drug-likeness (QED) is 0.354. The molecule has 0 aliphatic carbocycles. The fourth-order valence-corrected chi connectivity index (χ4v) is 2.39. The van der Waals surface area contributed by atoms with E-state index in [0.717, 1.165) is 51.4 Å². The summed E-state index contributed by atoms with van der Waals surface area (Å²) in [5.74, 6) is 5.32. The predicted molar refractivity (Wildman–Crippen MR) is 91.7 cm³/mol.